The lowest BCUT2D eigenvalue weighted by Crippen LogP contribution is -2.38. The van der Waals surface area contributed by atoms with Crippen LogP contribution < -0.4 is 4.74 Å². The van der Waals surface area contributed by atoms with Crippen LogP contribution in [0, 0.1) is 6.92 Å². The third-order valence-electron chi connectivity index (χ3n) is 4.50. The van der Waals surface area contributed by atoms with Crippen molar-refractivity contribution in [3.63, 3.8) is 0 Å². The quantitative estimate of drug-likeness (QED) is 0.413. The van der Waals surface area contributed by atoms with Gasteiger partial charge < -0.3 is 9.47 Å². The first kappa shape index (κ1) is 19.1. The van der Waals surface area contributed by atoms with Crippen LogP contribution >= 0.6 is 23.1 Å². The number of nitrogens with zero attached hydrogens (tertiary/aromatic N) is 2. The van der Waals surface area contributed by atoms with Crippen LogP contribution in [-0.4, -0.2) is 34.4 Å². The summed E-state index contributed by atoms with van der Waals surface area (Å²) in [6.07, 6.45) is -0.279. The minimum absolute atomic E-state index is 0.0239. The van der Waals surface area contributed by atoms with Crippen LogP contribution in [0.4, 0.5) is 0 Å². The predicted octanol–water partition coefficient (Wildman–Crippen LogP) is 4.73. The Morgan fingerprint density at radius 3 is 2.79 bits per heavy atom. The van der Waals surface area contributed by atoms with Crippen molar-refractivity contribution in [2.24, 2.45) is 0 Å². The van der Waals surface area contributed by atoms with Gasteiger partial charge in [0.25, 0.3) is 0 Å². The third kappa shape index (κ3) is 4.27. The van der Waals surface area contributed by atoms with Gasteiger partial charge in [0.05, 0.1) is 5.56 Å². The lowest BCUT2D eigenvalue weighted by molar-refractivity contribution is -0.0213. The van der Waals surface area contributed by atoms with Crippen LogP contribution in [0.25, 0.3) is 0 Å². The summed E-state index contributed by atoms with van der Waals surface area (Å²) in [7, 11) is 0. The Bertz CT molecular complexity index is 929. The number of hydrogen-bond donors (Lipinski definition) is 0. The molecule has 2 heterocycles. The van der Waals surface area contributed by atoms with E-state index >= 15 is 0 Å². The average Bonchev–Trinajstić information content (AvgIpc) is 3.23. The van der Waals surface area contributed by atoms with E-state index in [1.807, 2.05) is 49.4 Å². The molecule has 1 aromatic heterocycles. The van der Waals surface area contributed by atoms with Crippen molar-refractivity contribution in [2.75, 3.05) is 12.4 Å². The number of rotatable bonds is 7. The molecule has 2 unspecified atom stereocenters. The number of ketones is 1. The molecule has 1 aliphatic heterocycles. The van der Waals surface area contributed by atoms with E-state index in [9.17, 15) is 4.79 Å². The molecule has 5 nitrogen and oxygen atoms in total. The Hall–Kier alpha value is -2.22. The summed E-state index contributed by atoms with van der Waals surface area (Å²) in [5.74, 6) is 1.46. The van der Waals surface area contributed by atoms with Gasteiger partial charge in [0.15, 0.2) is 22.3 Å². The first-order chi connectivity index (χ1) is 13.7. The molecule has 28 heavy (non-hydrogen) atoms. The van der Waals surface area contributed by atoms with Crippen molar-refractivity contribution in [2.45, 2.75) is 29.9 Å². The van der Waals surface area contributed by atoms with Gasteiger partial charge in [-0.3, -0.25) is 4.79 Å². The Balaban J connectivity index is 1.46. The van der Waals surface area contributed by atoms with Gasteiger partial charge in [-0.15, -0.1) is 10.2 Å². The topological polar surface area (TPSA) is 61.3 Å². The SMILES string of the molecule is Cc1ccc(C2Oc3ccccc3C(=O)C2OCCCSc2nncs2)cc1. The summed E-state index contributed by atoms with van der Waals surface area (Å²) < 4.78 is 13.2. The van der Waals surface area contributed by atoms with Crippen molar-refractivity contribution >= 4 is 28.9 Å². The molecule has 144 valence electrons. The molecule has 0 radical (unpaired) electrons. The van der Waals surface area contributed by atoms with E-state index in [0.29, 0.717) is 17.9 Å². The second kappa shape index (κ2) is 8.86. The normalized spacial score (nSPS) is 18.5. The van der Waals surface area contributed by atoms with Gasteiger partial charge in [-0.25, -0.2) is 0 Å². The van der Waals surface area contributed by atoms with E-state index < -0.39 is 12.2 Å². The van der Waals surface area contributed by atoms with Crippen molar-refractivity contribution < 1.29 is 14.3 Å². The summed E-state index contributed by atoms with van der Waals surface area (Å²) in [6.45, 7) is 2.52. The van der Waals surface area contributed by atoms with Gasteiger partial charge in [0.1, 0.15) is 11.3 Å². The van der Waals surface area contributed by atoms with E-state index in [-0.39, 0.29) is 5.78 Å². The molecule has 0 spiro atoms. The molecule has 1 aliphatic rings. The highest BCUT2D eigenvalue weighted by molar-refractivity contribution is 8.00. The highest BCUT2D eigenvalue weighted by Gasteiger charge is 2.38. The van der Waals surface area contributed by atoms with Crippen LogP contribution in [0.1, 0.15) is 34.0 Å². The summed E-state index contributed by atoms with van der Waals surface area (Å²) in [5.41, 5.74) is 4.42. The number of fused-ring (bicyclic) bond motifs is 1. The summed E-state index contributed by atoms with van der Waals surface area (Å²) in [6, 6.07) is 15.4. The molecule has 0 bridgehead atoms. The number of thioether (sulfide) groups is 1. The number of benzene rings is 2. The summed E-state index contributed by atoms with van der Waals surface area (Å²) in [4.78, 5) is 13.1. The molecule has 7 heteroatoms. The fourth-order valence-corrected chi connectivity index (χ4v) is 4.55. The van der Waals surface area contributed by atoms with Crippen molar-refractivity contribution in [3.8, 4) is 5.75 Å². The van der Waals surface area contributed by atoms with Crippen LogP contribution in [0.3, 0.4) is 0 Å². The average molecular weight is 413 g/mol. The zero-order chi connectivity index (χ0) is 19.3. The van der Waals surface area contributed by atoms with Gasteiger partial charge in [-0.2, -0.15) is 0 Å². The second-order valence-electron chi connectivity index (χ2n) is 6.51. The molecule has 0 saturated heterocycles. The maximum atomic E-state index is 13.1. The number of ether oxygens (including phenoxy) is 2. The van der Waals surface area contributed by atoms with Gasteiger partial charge in [0, 0.05) is 12.4 Å². The molecule has 0 fully saturated rings. The van der Waals surface area contributed by atoms with Crippen LogP contribution in [0.5, 0.6) is 5.75 Å². The number of aromatic nitrogens is 2. The standard InChI is InChI=1S/C21H20N2O3S2/c1-14-7-9-15(10-8-14)19-20(18(24)16-5-2-3-6-17(16)26-19)25-11-4-12-27-21-23-22-13-28-21/h2-3,5-10,13,19-20H,4,11-12H2,1H3. The Labute approximate surface area is 172 Å². The van der Waals surface area contributed by atoms with Gasteiger partial charge in [0.2, 0.25) is 0 Å². The number of carbonyl (C=O) groups is 1. The minimum atomic E-state index is -0.649. The fraction of sp³-hybridized carbons (Fsp3) is 0.286. The largest absolute Gasteiger partial charge is 0.482 e. The van der Waals surface area contributed by atoms with E-state index in [1.54, 1.807) is 23.3 Å². The highest BCUT2D eigenvalue weighted by Crippen LogP contribution is 2.36. The zero-order valence-corrected chi connectivity index (χ0v) is 17.0. The van der Waals surface area contributed by atoms with Gasteiger partial charge in [-0.05, 0) is 31.0 Å². The molecule has 3 aromatic rings. The highest BCUT2D eigenvalue weighted by atomic mass is 32.2. The zero-order valence-electron chi connectivity index (χ0n) is 15.4. The fourth-order valence-electron chi connectivity index (χ4n) is 3.08. The molecule has 0 N–H and O–H groups in total. The first-order valence-corrected chi connectivity index (χ1v) is 11.0. The molecule has 0 amide bonds. The van der Waals surface area contributed by atoms with E-state index in [0.717, 1.165) is 27.6 Å². The monoisotopic (exact) mass is 412 g/mol. The third-order valence-corrected chi connectivity index (χ3v) is 6.44. The van der Waals surface area contributed by atoms with E-state index in [2.05, 4.69) is 10.2 Å². The molecule has 0 saturated carbocycles. The van der Waals surface area contributed by atoms with Gasteiger partial charge in [-0.1, -0.05) is 65.1 Å². The van der Waals surface area contributed by atoms with Crippen molar-refractivity contribution in [1.82, 2.24) is 10.2 Å². The first-order valence-electron chi connectivity index (χ1n) is 9.09. The molecular weight excluding hydrogens is 392 g/mol. The Morgan fingerprint density at radius 1 is 1.18 bits per heavy atom. The summed E-state index contributed by atoms with van der Waals surface area (Å²) >= 11 is 3.18. The molecular formula is C21H20N2O3S2. The van der Waals surface area contributed by atoms with Crippen LogP contribution in [-0.2, 0) is 4.74 Å². The Kier molecular flexibility index (Phi) is 6.04. The molecule has 2 aromatic carbocycles. The number of para-hydroxylation sites is 1. The minimum Gasteiger partial charge on any atom is -0.482 e. The number of hydrogen-bond acceptors (Lipinski definition) is 7. The number of Topliss-reactive ketones (excluding diaryl/α,β-unsaturated/α-hetero) is 1. The molecule has 2 atom stereocenters. The maximum Gasteiger partial charge on any atom is 0.199 e. The second-order valence-corrected chi connectivity index (χ2v) is 8.68. The number of aryl methyl sites for hydroxylation is 1. The molecule has 4 rings (SSSR count). The van der Waals surface area contributed by atoms with E-state index in [4.69, 9.17) is 9.47 Å². The van der Waals surface area contributed by atoms with Crippen molar-refractivity contribution in [3.05, 3.63) is 70.7 Å². The Morgan fingerprint density at radius 2 is 2.00 bits per heavy atom. The van der Waals surface area contributed by atoms with Crippen LogP contribution in [0.15, 0.2) is 58.4 Å². The van der Waals surface area contributed by atoms with Crippen LogP contribution in [0.2, 0.25) is 0 Å². The lowest BCUT2D eigenvalue weighted by Gasteiger charge is -2.32. The lowest BCUT2D eigenvalue weighted by atomic mass is 9.93. The number of carbonyl (C=O) groups excluding carboxylic acids is 1. The summed E-state index contributed by atoms with van der Waals surface area (Å²) in [5, 5.41) is 7.85. The van der Waals surface area contributed by atoms with Gasteiger partial charge >= 0.3 is 0 Å². The molecule has 0 aliphatic carbocycles. The predicted molar refractivity (Wildman–Crippen MR) is 110 cm³/mol. The van der Waals surface area contributed by atoms with E-state index in [1.165, 1.54) is 11.3 Å². The smallest absolute Gasteiger partial charge is 0.199 e. The van der Waals surface area contributed by atoms with Crippen molar-refractivity contribution in [1.29, 1.82) is 0 Å². The maximum absolute atomic E-state index is 13.1.